The first-order chi connectivity index (χ1) is 35.0. The first kappa shape index (κ1) is 67.1. The molecular formula is C65H108O6. The summed E-state index contributed by atoms with van der Waals surface area (Å²) in [6.07, 6.45) is 79.4. The van der Waals surface area contributed by atoms with E-state index in [1.54, 1.807) is 0 Å². The van der Waals surface area contributed by atoms with Crippen LogP contribution in [0.5, 0.6) is 0 Å². The molecule has 0 spiro atoms. The van der Waals surface area contributed by atoms with Crippen LogP contribution in [-0.2, 0) is 28.6 Å². The van der Waals surface area contributed by atoms with Crippen molar-refractivity contribution in [1.82, 2.24) is 0 Å². The van der Waals surface area contributed by atoms with Crippen molar-refractivity contribution in [3.63, 3.8) is 0 Å². The third-order valence-corrected chi connectivity index (χ3v) is 12.3. The molecule has 0 fully saturated rings. The molecule has 0 saturated carbocycles. The maximum atomic E-state index is 12.9. The highest BCUT2D eigenvalue weighted by molar-refractivity contribution is 5.71. The highest BCUT2D eigenvalue weighted by Gasteiger charge is 2.19. The topological polar surface area (TPSA) is 78.9 Å². The number of hydrogen-bond acceptors (Lipinski definition) is 6. The van der Waals surface area contributed by atoms with Crippen molar-refractivity contribution in [1.29, 1.82) is 0 Å². The molecule has 71 heavy (non-hydrogen) atoms. The molecule has 0 heterocycles. The Hall–Kier alpha value is -3.93. The molecule has 0 N–H and O–H groups in total. The molecule has 1 atom stereocenters. The lowest BCUT2D eigenvalue weighted by Gasteiger charge is -2.18. The first-order valence-corrected chi connectivity index (χ1v) is 29.4. The van der Waals surface area contributed by atoms with Crippen molar-refractivity contribution in [2.45, 2.75) is 271 Å². The monoisotopic (exact) mass is 985 g/mol. The molecule has 0 aliphatic heterocycles. The lowest BCUT2D eigenvalue weighted by atomic mass is 10.0. The number of carbonyl (C=O) groups excluding carboxylic acids is 3. The normalized spacial score (nSPS) is 12.9. The van der Waals surface area contributed by atoms with Crippen LogP contribution in [0.3, 0.4) is 0 Å². The Kier molecular flexibility index (Phi) is 55.4. The largest absolute Gasteiger partial charge is 0.462 e. The van der Waals surface area contributed by atoms with Gasteiger partial charge in [-0.25, -0.2) is 0 Å². The number of hydrogen-bond donors (Lipinski definition) is 0. The lowest BCUT2D eigenvalue weighted by molar-refractivity contribution is -0.167. The molecule has 404 valence electrons. The predicted octanol–water partition coefficient (Wildman–Crippen LogP) is 19.9. The van der Waals surface area contributed by atoms with Gasteiger partial charge in [-0.05, 0) is 103 Å². The van der Waals surface area contributed by atoms with Gasteiger partial charge in [-0.15, -0.1) is 0 Å². The van der Waals surface area contributed by atoms with Crippen molar-refractivity contribution >= 4 is 17.9 Å². The molecule has 0 aromatic rings. The Labute approximate surface area is 438 Å². The third kappa shape index (κ3) is 56.9. The van der Waals surface area contributed by atoms with Gasteiger partial charge >= 0.3 is 17.9 Å². The lowest BCUT2D eigenvalue weighted by Crippen LogP contribution is -2.30. The Morgan fingerprint density at radius 3 is 0.930 bits per heavy atom. The zero-order valence-corrected chi connectivity index (χ0v) is 46.2. The fourth-order valence-corrected chi connectivity index (χ4v) is 7.87. The predicted molar refractivity (Wildman–Crippen MR) is 307 cm³/mol. The van der Waals surface area contributed by atoms with Gasteiger partial charge in [0.2, 0.25) is 0 Å². The number of rotatable bonds is 52. The van der Waals surface area contributed by atoms with Gasteiger partial charge in [-0.2, -0.15) is 0 Å². The van der Waals surface area contributed by atoms with E-state index in [2.05, 4.69) is 130 Å². The summed E-state index contributed by atoms with van der Waals surface area (Å²) < 4.78 is 16.8. The van der Waals surface area contributed by atoms with Crippen LogP contribution >= 0.6 is 0 Å². The molecule has 6 heteroatoms. The van der Waals surface area contributed by atoms with Crippen LogP contribution < -0.4 is 0 Å². The van der Waals surface area contributed by atoms with Gasteiger partial charge in [-0.3, -0.25) is 14.4 Å². The first-order valence-electron chi connectivity index (χ1n) is 29.4. The summed E-state index contributed by atoms with van der Waals surface area (Å²) in [6, 6.07) is 0. The van der Waals surface area contributed by atoms with E-state index in [-0.39, 0.29) is 37.5 Å². The van der Waals surface area contributed by atoms with Crippen LogP contribution in [0.4, 0.5) is 0 Å². The molecule has 0 amide bonds. The van der Waals surface area contributed by atoms with Crippen LogP contribution in [0, 0.1) is 0 Å². The van der Waals surface area contributed by atoms with Crippen molar-refractivity contribution in [3.05, 3.63) is 109 Å². The molecule has 0 rings (SSSR count). The molecule has 0 aromatic carbocycles. The van der Waals surface area contributed by atoms with Crippen molar-refractivity contribution in [3.8, 4) is 0 Å². The average molecular weight is 986 g/mol. The number of unbranched alkanes of at least 4 members (excludes halogenated alkanes) is 23. The van der Waals surface area contributed by atoms with E-state index in [0.29, 0.717) is 19.3 Å². The molecule has 0 aromatic heterocycles. The minimum atomic E-state index is -0.810. The fourth-order valence-electron chi connectivity index (χ4n) is 7.87. The molecule has 0 saturated heterocycles. The van der Waals surface area contributed by atoms with Gasteiger partial charge < -0.3 is 14.2 Å². The van der Waals surface area contributed by atoms with Crippen LogP contribution in [0.2, 0.25) is 0 Å². The van der Waals surface area contributed by atoms with Crippen LogP contribution in [-0.4, -0.2) is 37.2 Å². The Morgan fingerprint density at radius 2 is 0.563 bits per heavy atom. The van der Waals surface area contributed by atoms with Gasteiger partial charge in [0.1, 0.15) is 13.2 Å². The van der Waals surface area contributed by atoms with Gasteiger partial charge in [0, 0.05) is 19.3 Å². The summed E-state index contributed by atoms with van der Waals surface area (Å²) in [7, 11) is 0. The van der Waals surface area contributed by atoms with E-state index in [1.165, 1.54) is 103 Å². The second-order valence-electron chi connectivity index (χ2n) is 19.2. The molecular weight excluding hydrogens is 877 g/mol. The SMILES string of the molecule is CC/C=C\C/C=C\C/C=C\C/C=C\C/C=C\C/C=C\C/C=C\CCCC(=O)OCC(COC(=O)CCCCCCCCCCCCCCCC)OC(=O)CCCCCCC/C=C\C/C=C\CCCCCC. The smallest absolute Gasteiger partial charge is 0.306 e. The summed E-state index contributed by atoms with van der Waals surface area (Å²) in [5, 5.41) is 0. The van der Waals surface area contributed by atoms with Crippen molar-refractivity contribution < 1.29 is 28.6 Å². The zero-order chi connectivity index (χ0) is 51.4. The summed E-state index contributed by atoms with van der Waals surface area (Å²) >= 11 is 0. The van der Waals surface area contributed by atoms with E-state index in [4.69, 9.17) is 14.2 Å². The summed E-state index contributed by atoms with van der Waals surface area (Å²) in [4.78, 5) is 38.2. The minimum Gasteiger partial charge on any atom is -0.462 e. The molecule has 1 unspecified atom stereocenters. The van der Waals surface area contributed by atoms with E-state index < -0.39 is 6.10 Å². The molecule has 0 aliphatic rings. The van der Waals surface area contributed by atoms with Gasteiger partial charge in [0.25, 0.3) is 0 Å². The molecule has 6 nitrogen and oxygen atoms in total. The molecule has 0 radical (unpaired) electrons. The fraction of sp³-hybridized carbons (Fsp3) is 0.677. The Balaban J connectivity index is 4.49. The summed E-state index contributed by atoms with van der Waals surface area (Å²) in [5.41, 5.74) is 0. The number of esters is 3. The molecule has 0 aliphatic carbocycles. The van der Waals surface area contributed by atoms with Gasteiger partial charge in [0.15, 0.2) is 6.10 Å². The van der Waals surface area contributed by atoms with E-state index >= 15 is 0 Å². The second kappa shape index (κ2) is 58.6. The maximum Gasteiger partial charge on any atom is 0.306 e. The molecule has 0 bridgehead atoms. The second-order valence-corrected chi connectivity index (χ2v) is 19.2. The standard InChI is InChI=1S/C65H108O6/c1-4-7-10-13-16-19-22-25-28-30-31-32-33-34-35-36-38-40-43-46-49-52-55-58-64(67)70-61-62(60-69-63(66)57-54-51-48-45-42-39-27-24-21-18-15-12-9-6-3)71-65(68)59-56-53-50-47-44-41-37-29-26-23-20-17-14-11-8-5-2/h7,10,16,19-20,23,25,28-29,31-32,34-35,37-38,40,46,49,62H,4-6,8-9,11-15,17-18,21-22,24,26-27,30,33,36,39,41-45,47-48,50-61H2,1-3H3/b10-7-,19-16-,23-20-,28-25-,32-31-,35-34-,37-29-,40-38-,49-46-. The Bertz CT molecular complexity index is 1460. The van der Waals surface area contributed by atoms with Crippen molar-refractivity contribution in [2.75, 3.05) is 13.2 Å². The number of ether oxygens (including phenoxy) is 3. The summed E-state index contributed by atoms with van der Waals surface area (Å²) in [6.45, 7) is 6.46. The van der Waals surface area contributed by atoms with Crippen LogP contribution in [0.25, 0.3) is 0 Å². The minimum absolute atomic E-state index is 0.101. The number of carbonyl (C=O) groups is 3. The third-order valence-electron chi connectivity index (χ3n) is 12.3. The highest BCUT2D eigenvalue weighted by atomic mass is 16.6. The Morgan fingerprint density at radius 1 is 0.296 bits per heavy atom. The van der Waals surface area contributed by atoms with Crippen molar-refractivity contribution in [2.24, 2.45) is 0 Å². The maximum absolute atomic E-state index is 12.9. The van der Waals surface area contributed by atoms with Gasteiger partial charge in [-0.1, -0.05) is 252 Å². The zero-order valence-electron chi connectivity index (χ0n) is 46.2. The van der Waals surface area contributed by atoms with Crippen LogP contribution in [0.15, 0.2) is 109 Å². The quantitative estimate of drug-likeness (QED) is 0.0261. The van der Waals surface area contributed by atoms with Gasteiger partial charge in [0.05, 0.1) is 0 Å². The van der Waals surface area contributed by atoms with E-state index in [9.17, 15) is 14.4 Å². The van der Waals surface area contributed by atoms with Crippen LogP contribution in [0.1, 0.15) is 265 Å². The highest BCUT2D eigenvalue weighted by Crippen LogP contribution is 2.15. The van der Waals surface area contributed by atoms with E-state index in [0.717, 1.165) is 116 Å². The summed E-state index contributed by atoms with van der Waals surface area (Å²) in [5.74, 6) is -0.974. The average Bonchev–Trinajstić information content (AvgIpc) is 3.37. The number of allylic oxidation sites excluding steroid dienone is 18. The van der Waals surface area contributed by atoms with E-state index in [1.807, 2.05) is 0 Å².